The molecular weight excluding hydrogens is 152 g/mol. The quantitative estimate of drug-likeness (QED) is 0.646. The summed E-state index contributed by atoms with van der Waals surface area (Å²) in [6, 6.07) is 5.93. The molecule has 0 radical (unpaired) electrons. The van der Waals surface area contributed by atoms with Crippen LogP contribution >= 0.6 is 0 Å². The van der Waals surface area contributed by atoms with Crippen LogP contribution in [0.3, 0.4) is 0 Å². The van der Waals surface area contributed by atoms with Gasteiger partial charge in [-0.25, -0.2) is 4.63 Å². The minimum Gasteiger partial charge on any atom is -0.243 e. The van der Waals surface area contributed by atoms with Crippen molar-refractivity contribution < 1.29 is 4.63 Å². The second-order valence-corrected chi connectivity index (χ2v) is 3.13. The molecule has 3 nitrogen and oxygen atoms in total. The van der Waals surface area contributed by atoms with Gasteiger partial charge in [-0.05, 0) is 27.9 Å². The Labute approximate surface area is 70.3 Å². The van der Waals surface area contributed by atoms with Crippen LogP contribution in [0.4, 0.5) is 0 Å². The smallest absolute Gasteiger partial charge is 0.138 e. The van der Waals surface area contributed by atoms with Crippen LogP contribution in [0, 0.1) is 0 Å². The molecule has 12 heavy (non-hydrogen) atoms. The van der Waals surface area contributed by atoms with E-state index in [9.17, 15) is 0 Å². The van der Waals surface area contributed by atoms with Crippen LogP contribution in [0.5, 0.6) is 0 Å². The Morgan fingerprint density at radius 2 is 2.08 bits per heavy atom. The molecule has 0 fully saturated rings. The first-order valence-electron chi connectivity index (χ1n) is 4.00. The highest BCUT2D eigenvalue weighted by Crippen LogP contribution is 2.21. The van der Waals surface area contributed by atoms with Gasteiger partial charge in [0.1, 0.15) is 11.0 Å². The van der Waals surface area contributed by atoms with Gasteiger partial charge in [-0.2, -0.15) is 0 Å². The Morgan fingerprint density at radius 3 is 2.83 bits per heavy atom. The van der Waals surface area contributed by atoms with E-state index in [-0.39, 0.29) is 0 Å². The van der Waals surface area contributed by atoms with Crippen LogP contribution in [0.15, 0.2) is 22.8 Å². The molecule has 0 N–H and O–H groups in total. The fraction of sp³-hybridized carbons (Fsp3) is 0.333. The molecule has 0 unspecified atom stereocenters. The molecule has 62 valence electrons. The topological polar surface area (TPSA) is 38.9 Å². The number of rotatable bonds is 1. The van der Waals surface area contributed by atoms with Crippen molar-refractivity contribution in [2.45, 2.75) is 19.8 Å². The third-order valence-electron chi connectivity index (χ3n) is 1.94. The molecule has 0 amide bonds. The maximum atomic E-state index is 4.66. The van der Waals surface area contributed by atoms with Crippen LogP contribution in [-0.4, -0.2) is 10.3 Å². The number of nitrogens with zero attached hydrogens (tertiary/aromatic N) is 2. The molecule has 0 saturated heterocycles. The molecule has 0 atom stereocenters. The molecule has 0 aliphatic heterocycles. The summed E-state index contributed by atoms with van der Waals surface area (Å²) >= 11 is 0. The number of hydrogen-bond donors (Lipinski definition) is 0. The fourth-order valence-electron chi connectivity index (χ4n) is 1.29. The summed E-state index contributed by atoms with van der Waals surface area (Å²) in [5.74, 6) is 0.459. The highest BCUT2D eigenvalue weighted by atomic mass is 16.6. The van der Waals surface area contributed by atoms with E-state index in [4.69, 9.17) is 0 Å². The summed E-state index contributed by atoms with van der Waals surface area (Å²) in [7, 11) is 0. The average molecular weight is 162 g/mol. The molecular formula is C9H10N2O. The monoisotopic (exact) mass is 162 g/mol. The molecule has 1 heterocycles. The lowest BCUT2D eigenvalue weighted by Gasteiger charge is -2.02. The van der Waals surface area contributed by atoms with Crippen molar-refractivity contribution in [3.63, 3.8) is 0 Å². The summed E-state index contributed by atoms with van der Waals surface area (Å²) in [5, 5.41) is 7.63. The van der Waals surface area contributed by atoms with Gasteiger partial charge in [-0.15, -0.1) is 0 Å². The zero-order chi connectivity index (χ0) is 8.55. The molecule has 3 heteroatoms. The molecule has 0 bridgehead atoms. The van der Waals surface area contributed by atoms with E-state index in [1.54, 1.807) is 0 Å². The van der Waals surface area contributed by atoms with Crippen LogP contribution in [-0.2, 0) is 0 Å². The average Bonchev–Trinajstić information content (AvgIpc) is 2.49. The largest absolute Gasteiger partial charge is 0.243 e. The second-order valence-electron chi connectivity index (χ2n) is 3.13. The fourth-order valence-corrected chi connectivity index (χ4v) is 1.29. The lowest BCUT2D eigenvalue weighted by Crippen LogP contribution is -1.88. The van der Waals surface area contributed by atoms with E-state index in [2.05, 4.69) is 34.9 Å². The molecule has 0 saturated carbocycles. The van der Waals surface area contributed by atoms with Crippen LogP contribution in [0.2, 0.25) is 0 Å². The van der Waals surface area contributed by atoms with Crippen molar-refractivity contribution in [2.24, 2.45) is 0 Å². The first kappa shape index (κ1) is 7.28. The summed E-state index contributed by atoms with van der Waals surface area (Å²) in [4.78, 5) is 0. The van der Waals surface area contributed by atoms with E-state index in [1.165, 1.54) is 5.56 Å². The first-order valence-corrected chi connectivity index (χ1v) is 4.00. The highest BCUT2D eigenvalue weighted by molar-refractivity contribution is 5.77. The molecule has 2 rings (SSSR count). The van der Waals surface area contributed by atoms with E-state index in [0.29, 0.717) is 5.92 Å². The lowest BCUT2D eigenvalue weighted by molar-refractivity contribution is 0.315. The van der Waals surface area contributed by atoms with Crippen LogP contribution in [0.25, 0.3) is 11.0 Å². The predicted molar refractivity (Wildman–Crippen MR) is 45.9 cm³/mol. The van der Waals surface area contributed by atoms with Gasteiger partial charge in [0.15, 0.2) is 0 Å². The SMILES string of the molecule is CC(C)c1cccc2nonc12. The number of fused-ring (bicyclic) bond motifs is 1. The molecule has 2 aromatic rings. The third-order valence-corrected chi connectivity index (χ3v) is 1.94. The number of hydrogen-bond acceptors (Lipinski definition) is 3. The molecule has 0 aliphatic carbocycles. The van der Waals surface area contributed by atoms with Gasteiger partial charge < -0.3 is 0 Å². The molecule has 0 spiro atoms. The zero-order valence-electron chi connectivity index (χ0n) is 7.11. The Kier molecular flexibility index (Phi) is 1.57. The van der Waals surface area contributed by atoms with E-state index in [1.807, 2.05) is 12.1 Å². The van der Waals surface area contributed by atoms with Gasteiger partial charge in [-0.3, -0.25) is 0 Å². The summed E-state index contributed by atoms with van der Waals surface area (Å²) in [6.07, 6.45) is 0. The maximum Gasteiger partial charge on any atom is 0.138 e. The summed E-state index contributed by atoms with van der Waals surface area (Å²) < 4.78 is 4.66. The summed E-state index contributed by atoms with van der Waals surface area (Å²) in [5.41, 5.74) is 2.91. The van der Waals surface area contributed by atoms with Crippen LogP contribution in [0.1, 0.15) is 25.3 Å². The first-order chi connectivity index (χ1) is 5.79. The Balaban J connectivity index is 2.73. The minimum absolute atomic E-state index is 0.459. The highest BCUT2D eigenvalue weighted by Gasteiger charge is 2.08. The zero-order valence-corrected chi connectivity index (χ0v) is 7.11. The van der Waals surface area contributed by atoms with Gasteiger partial charge in [-0.1, -0.05) is 26.0 Å². The van der Waals surface area contributed by atoms with E-state index in [0.717, 1.165) is 11.0 Å². The third kappa shape index (κ3) is 0.978. The number of aromatic nitrogens is 2. The van der Waals surface area contributed by atoms with Gasteiger partial charge in [0.25, 0.3) is 0 Å². The van der Waals surface area contributed by atoms with E-state index >= 15 is 0 Å². The van der Waals surface area contributed by atoms with Gasteiger partial charge in [0.05, 0.1) is 0 Å². The Bertz CT molecular complexity index is 392. The van der Waals surface area contributed by atoms with Crippen LogP contribution < -0.4 is 0 Å². The maximum absolute atomic E-state index is 4.66. The van der Waals surface area contributed by atoms with Crippen molar-refractivity contribution in [3.8, 4) is 0 Å². The predicted octanol–water partition coefficient (Wildman–Crippen LogP) is 2.35. The second kappa shape index (κ2) is 2.59. The number of benzene rings is 1. The van der Waals surface area contributed by atoms with Crippen molar-refractivity contribution in [1.82, 2.24) is 10.3 Å². The van der Waals surface area contributed by atoms with Gasteiger partial charge in [0.2, 0.25) is 0 Å². The van der Waals surface area contributed by atoms with Gasteiger partial charge in [0, 0.05) is 0 Å². The standard InChI is InChI=1S/C9H10N2O/c1-6(2)7-4-3-5-8-9(7)11-12-10-8/h3-6H,1-2H3. The van der Waals surface area contributed by atoms with E-state index < -0.39 is 0 Å². The molecule has 1 aromatic heterocycles. The van der Waals surface area contributed by atoms with Crippen molar-refractivity contribution >= 4 is 11.0 Å². The Hall–Kier alpha value is -1.38. The normalized spacial score (nSPS) is 11.2. The van der Waals surface area contributed by atoms with Crippen molar-refractivity contribution in [1.29, 1.82) is 0 Å². The summed E-state index contributed by atoms with van der Waals surface area (Å²) in [6.45, 7) is 4.26. The molecule has 1 aromatic carbocycles. The minimum atomic E-state index is 0.459. The molecule has 0 aliphatic rings. The van der Waals surface area contributed by atoms with Crippen molar-refractivity contribution in [2.75, 3.05) is 0 Å². The van der Waals surface area contributed by atoms with Crippen molar-refractivity contribution in [3.05, 3.63) is 23.8 Å². The van der Waals surface area contributed by atoms with Gasteiger partial charge >= 0.3 is 0 Å². The lowest BCUT2D eigenvalue weighted by atomic mass is 10.0. The Morgan fingerprint density at radius 1 is 1.25 bits per heavy atom.